The number of nitrogens with zero attached hydrogens (tertiary/aromatic N) is 1. The van der Waals surface area contributed by atoms with Gasteiger partial charge in [0.25, 0.3) is 0 Å². The molecule has 1 amide bonds. The number of rotatable bonds is 9. The second-order valence-corrected chi connectivity index (χ2v) is 7.91. The van der Waals surface area contributed by atoms with Crippen LogP contribution in [0.25, 0.3) is 0 Å². The summed E-state index contributed by atoms with van der Waals surface area (Å²) in [5.41, 5.74) is 0.897. The second-order valence-electron chi connectivity index (χ2n) is 7.91. The molecule has 0 spiro atoms. The maximum absolute atomic E-state index is 13.7. The molecule has 2 N–H and O–H groups in total. The Morgan fingerprint density at radius 3 is 2.77 bits per heavy atom. The molecule has 1 aliphatic carbocycles. The van der Waals surface area contributed by atoms with Crippen LogP contribution in [0.1, 0.15) is 56.9 Å². The minimum atomic E-state index is -3.17. The molecule has 164 valence electrons. The van der Waals surface area contributed by atoms with Gasteiger partial charge in [-0.2, -0.15) is 0 Å². The van der Waals surface area contributed by atoms with Crippen LogP contribution in [0.4, 0.5) is 0 Å². The summed E-state index contributed by atoms with van der Waals surface area (Å²) >= 11 is 0. The number of aryl methyl sites for hydroxylation is 1. The zero-order valence-electron chi connectivity index (χ0n) is 21.2. The molecular weight excluding hydrogens is 384 g/mol. The number of hydrogen-bond acceptors (Lipinski definition) is 5. The van der Waals surface area contributed by atoms with Crippen LogP contribution in [0.5, 0.6) is 0 Å². The summed E-state index contributed by atoms with van der Waals surface area (Å²) in [6.07, 6.45) is 2.84. The van der Waals surface area contributed by atoms with Gasteiger partial charge in [-0.25, -0.2) is 4.79 Å². The third kappa shape index (κ3) is 5.01. The van der Waals surface area contributed by atoms with Crippen LogP contribution < -0.4 is 5.32 Å². The molecule has 2 fully saturated rings. The third-order valence-electron chi connectivity index (χ3n) is 6.03. The van der Waals surface area contributed by atoms with E-state index in [1.165, 1.54) is 0 Å². The van der Waals surface area contributed by atoms with Crippen molar-refractivity contribution in [3.05, 3.63) is 35.9 Å². The van der Waals surface area contributed by atoms with E-state index in [0.717, 1.165) is 23.3 Å². The summed E-state index contributed by atoms with van der Waals surface area (Å²) in [6.45, 7) is -1.51. The Labute approximate surface area is 183 Å². The summed E-state index contributed by atoms with van der Waals surface area (Å²) in [7, 11) is 0. The van der Waals surface area contributed by atoms with Gasteiger partial charge in [0, 0.05) is 10.2 Å². The van der Waals surface area contributed by atoms with Crippen LogP contribution in [0.15, 0.2) is 30.3 Å². The van der Waals surface area contributed by atoms with Crippen LogP contribution in [0, 0.1) is 5.92 Å². The van der Waals surface area contributed by atoms with Gasteiger partial charge in [0.15, 0.2) is 0 Å². The van der Waals surface area contributed by atoms with E-state index in [4.69, 9.17) is 10.2 Å². The number of aliphatic carboxylic acids is 1. The van der Waals surface area contributed by atoms with E-state index in [-0.39, 0.29) is 25.4 Å². The molecule has 7 heteroatoms. The predicted molar refractivity (Wildman–Crippen MR) is 112 cm³/mol. The molecule has 1 heterocycles. The first kappa shape index (κ1) is 17.3. The van der Waals surface area contributed by atoms with Crippen molar-refractivity contribution in [3.8, 4) is 0 Å². The third-order valence-corrected chi connectivity index (χ3v) is 6.03. The average Bonchev–Trinajstić information content (AvgIpc) is 3.37. The lowest BCUT2D eigenvalue weighted by Gasteiger charge is -2.31. The van der Waals surface area contributed by atoms with Crippen LogP contribution >= 0.6 is 0 Å². The monoisotopic (exact) mass is 420 g/mol. The molecule has 1 aromatic rings. The van der Waals surface area contributed by atoms with Crippen molar-refractivity contribution in [3.63, 3.8) is 0 Å². The molecule has 2 aliphatic rings. The molecule has 0 radical (unpaired) electrons. The molecule has 1 saturated heterocycles. The number of carbonyl (C=O) groups is 3. The molecule has 7 nitrogen and oxygen atoms in total. The molecule has 30 heavy (non-hydrogen) atoms. The number of ether oxygens (including phenoxy) is 1. The number of hydrogen-bond donors (Lipinski definition) is 2. The highest BCUT2D eigenvalue weighted by atomic mass is 16.5. The minimum Gasteiger partial charge on any atom is -0.480 e. The minimum absolute atomic E-state index is 0.0372. The van der Waals surface area contributed by atoms with Gasteiger partial charge in [0.1, 0.15) is 12.1 Å². The number of likely N-dealkylation sites (tertiary alicyclic amines) is 1. The van der Waals surface area contributed by atoms with Gasteiger partial charge >= 0.3 is 11.9 Å². The van der Waals surface area contributed by atoms with Gasteiger partial charge in [-0.1, -0.05) is 36.8 Å². The molecule has 1 saturated carbocycles. The van der Waals surface area contributed by atoms with Crippen LogP contribution in [0.2, 0.25) is 0 Å². The van der Waals surface area contributed by atoms with Crippen molar-refractivity contribution in [1.82, 2.24) is 10.2 Å². The molecule has 3 rings (SSSR count). The fourth-order valence-electron chi connectivity index (χ4n) is 4.61. The van der Waals surface area contributed by atoms with Gasteiger partial charge in [-0.3, -0.25) is 14.9 Å². The molecule has 0 bridgehead atoms. The van der Waals surface area contributed by atoms with E-state index in [9.17, 15) is 19.5 Å². The summed E-state index contributed by atoms with van der Waals surface area (Å²) in [6, 6.07) is 3.45. The second kappa shape index (κ2) is 10.1. The van der Waals surface area contributed by atoms with Crippen LogP contribution in [0.3, 0.4) is 0 Å². The number of carboxylic acids is 1. The van der Waals surface area contributed by atoms with E-state index < -0.39 is 48.8 Å². The van der Waals surface area contributed by atoms with Crippen LogP contribution in [-0.2, 0) is 25.5 Å². The number of carbonyl (C=O) groups excluding carboxylic acids is 2. The SMILES string of the molecule is [2H]C([2H])([2H])[C@]([2H])(N[C@@H](CCc1ccccc1)C(=O)OCC)C(=O)N1[C@H](C(=O)O)C[C@@H]2CCC[C@@H]21. The number of amides is 1. The molecule has 0 unspecified atom stereocenters. The Bertz CT molecular complexity index is 897. The van der Waals surface area contributed by atoms with Crippen molar-refractivity contribution in [1.29, 1.82) is 0 Å². The number of carboxylic acid groups (broad SMARTS) is 1. The quantitative estimate of drug-likeness (QED) is 0.596. The fourth-order valence-corrected chi connectivity index (χ4v) is 4.61. The normalized spacial score (nSPS) is 28.3. The Kier molecular flexibility index (Phi) is 5.80. The van der Waals surface area contributed by atoms with E-state index >= 15 is 0 Å². The number of fused-ring (bicyclic) bond motifs is 1. The zero-order chi connectivity index (χ0) is 25.1. The Balaban J connectivity index is 1.91. The van der Waals surface area contributed by atoms with Crippen molar-refractivity contribution in [2.75, 3.05) is 6.61 Å². The summed E-state index contributed by atoms with van der Waals surface area (Å²) in [4.78, 5) is 39.3. The van der Waals surface area contributed by atoms with Gasteiger partial charge in [-0.15, -0.1) is 0 Å². The highest BCUT2D eigenvalue weighted by Crippen LogP contribution is 2.41. The molecular formula is C23H32N2O5. The molecule has 1 aliphatic heterocycles. The highest BCUT2D eigenvalue weighted by molar-refractivity contribution is 5.88. The maximum atomic E-state index is 13.7. The Hall–Kier alpha value is -2.41. The van der Waals surface area contributed by atoms with E-state index in [1.807, 2.05) is 30.3 Å². The van der Waals surface area contributed by atoms with Crippen LogP contribution in [-0.4, -0.2) is 58.6 Å². The van der Waals surface area contributed by atoms with E-state index in [1.54, 1.807) is 6.92 Å². The van der Waals surface area contributed by atoms with E-state index in [0.29, 0.717) is 12.8 Å². The van der Waals surface area contributed by atoms with E-state index in [2.05, 4.69) is 5.32 Å². The number of benzene rings is 1. The largest absolute Gasteiger partial charge is 0.480 e. The lowest BCUT2D eigenvalue weighted by Crippen LogP contribution is -2.55. The maximum Gasteiger partial charge on any atom is 0.326 e. The zero-order valence-corrected chi connectivity index (χ0v) is 17.2. The molecule has 5 atom stereocenters. The number of esters is 1. The van der Waals surface area contributed by atoms with Gasteiger partial charge in [-0.05, 0) is 57.4 Å². The summed E-state index contributed by atoms with van der Waals surface area (Å²) in [5.74, 6) is -3.16. The van der Waals surface area contributed by atoms with Crippen molar-refractivity contribution >= 4 is 17.8 Å². The standard InChI is InChI=1S/C23H32N2O5/c1-3-30-23(29)18(13-12-16-8-5-4-6-9-16)24-15(2)21(26)25-19-11-7-10-17(19)14-20(25)22(27)28/h4-6,8-9,15,17-20,24H,3,7,10-14H2,1-2H3,(H,27,28)/t15-,17-,18-,19-,20-/m0/s1/i2D3,15D. The fraction of sp³-hybridized carbons (Fsp3) is 0.609. The lowest BCUT2D eigenvalue weighted by atomic mass is 10.0. The highest BCUT2D eigenvalue weighted by Gasteiger charge is 2.49. The molecule has 1 aromatic carbocycles. The van der Waals surface area contributed by atoms with Gasteiger partial charge < -0.3 is 14.7 Å². The van der Waals surface area contributed by atoms with Crippen molar-refractivity contribution in [2.24, 2.45) is 5.92 Å². The van der Waals surface area contributed by atoms with Gasteiger partial charge in [0.05, 0.1) is 14.0 Å². The first-order chi connectivity index (χ1) is 16.0. The topological polar surface area (TPSA) is 95.9 Å². The van der Waals surface area contributed by atoms with Crippen molar-refractivity contribution < 1.29 is 29.7 Å². The van der Waals surface area contributed by atoms with Gasteiger partial charge in [0.2, 0.25) is 5.91 Å². The predicted octanol–water partition coefficient (Wildman–Crippen LogP) is 2.38. The summed E-state index contributed by atoms with van der Waals surface area (Å²) in [5, 5.41) is 12.2. The Morgan fingerprint density at radius 1 is 1.33 bits per heavy atom. The number of nitrogens with one attached hydrogen (secondary N) is 1. The first-order valence-electron chi connectivity index (χ1n) is 12.5. The smallest absolute Gasteiger partial charge is 0.326 e. The van der Waals surface area contributed by atoms with Crippen molar-refractivity contribution in [2.45, 2.75) is 76.4 Å². The average molecular weight is 421 g/mol. The Morgan fingerprint density at radius 2 is 2.10 bits per heavy atom. The summed E-state index contributed by atoms with van der Waals surface area (Å²) < 4.78 is 37.9. The molecule has 0 aromatic heterocycles. The first-order valence-corrected chi connectivity index (χ1v) is 10.5. The lowest BCUT2D eigenvalue weighted by molar-refractivity contribution is -0.151.